The van der Waals surface area contributed by atoms with E-state index < -0.39 is 29.1 Å². The van der Waals surface area contributed by atoms with Crippen molar-refractivity contribution in [2.45, 2.75) is 33.3 Å². The Bertz CT molecular complexity index is 577. The fraction of sp³-hybridized carbons (Fsp3) is 0.722. The number of ether oxygens (including phenoxy) is 3. The molecule has 0 aliphatic carbocycles. The number of rotatable bonds is 4. The van der Waals surface area contributed by atoms with E-state index in [9.17, 15) is 14.4 Å². The van der Waals surface area contributed by atoms with E-state index in [1.54, 1.807) is 32.6 Å². The van der Waals surface area contributed by atoms with Gasteiger partial charge in [-0.3, -0.25) is 4.79 Å². The Morgan fingerprint density at radius 1 is 1.12 bits per heavy atom. The van der Waals surface area contributed by atoms with Gasteiger partial charge >= 0.3 is 18.2 Å². The highest BCUT2D eigenvalue weighted by atomic mass is 16.6. The van der Waals surface area contributed by atoms with Gasteiger partial charge in [0.1, 0.15) is 12.2 Å². The van der Waals surface area contributed by atoms with Crippen LogP contribution in [0.1, 0.15) is 27.7 Å². The second kappa shape index (κ2) is 7.55. The molecule has 2 aliphatic rings. The van der Waals surface area contributed by atoms with Crippen molar-refractivity contribution in [3.63, 3.8) is 0 Å². The van der Waals surface area contributed by atoms with E-state index in [-0.39, 0.29) is 25.7 Å². The standard InChI is InChI=1S/C18H28N2O6/c1-6-8-25-15(22)19-9-13(14(21)24-7-2)18(10-19)11-20(12-18)16(23)26-17(3,4)5/h6,13H,1,7-12H2,2-5H3. The highest BCUT2D eigenvalue weighted by Gasteiger charge is 2.60. The van der Waals surface area contributed by atoms with Crippen LogP contribution in [0.15, 0.2) is 12.7 Å². The van der Waals surface area contributed by atoms with E-state index in [1.807, 2.05) is 0 Å². The molecule has 146 valence electrons. The minimum atomic E-state index is -0.587. The quantitative estimate of drug-likeness (QED) is 0.429. The van der Waals surface area contributed by atoms with Crippen molar-refractivity contribution in [2.24, 2.45) is 11.3 Å². The maximum absolute atomic E-state index is 12.4. The predicted octanol–water partition coefficient (Wildman–Crippen LogP) is 2.04. The van der Waals surface area contributed by atoms with Gasteiger partial charge in [0.25, 0.3) is 0 Å². The lowest BCUT2D eigenvalue weighted by Crippen LogP contribution is -2.64. The zero-order valence-corrected chi connectivity index (χ0v) is 15.9. The summed E-state index contributed by atoms with van der Waals surface area (Å²) in [6.45, 7) is 12.3. The third kappa shape index (κ3) is 4.28. The molecule has 0 saturated carbocycles. The molecule has 2 amide bonds. The van der Waals surface area contributed by atoms with Gasteiger partial charge in [-0.1, -0.05) is 12.7 Å². The third-order valence-electron chi connectivity index (χ3n) is 4.47. The average molecular weight is 368 g/mol. The normalized spacial score (nSPS) is 21.2. The van der Waals surface area contributed by atoms with Crippen molar-refractivity contribution in [2.75, 3.05) is 39.4 Å². The summed E-state index contributed by atoms with van der Waals surface area (Å²) >= 11 is 0. The first-order chi connectivity index (χ1) is 12.1. The largest absolute Gasteiger partial charge is 0.466 e. The van der Waals surface area contributed by atoms with Crippen LogP contribution >= 0.6 is 0 Å². The molecule has 26 heavy (non-hydrogen) atoms. The fourth-order valence-electron chi connectivity index (χ4n) is 3.39. The number of hydrogen-bond acceptors (Lipinski definition) is 6. The number of likely N-dealkylation sites (tertiary alicyclic amines) is 2. The highest BCUT2D eigenvalue weighted by Crippen LogP contribution is 2.45. The molecule has 1 spiro atoms. The first kappa shape index (κ1) is 20.1. The Kier molecular flexibility index (Phi) is 5.83. The Balaban J connectivity index is 2.07. The Labute approximate surface area is 154 Å². The van der Waals surface area contributed by atoms with Crippen molar-refractivity contribution in [3.8, 4) is 0 Å². The summed E-state index contributed by atoms with van der Waals surface area (Å²) in [5.41, 5.74) is -1.10. The molecule has 2 fully saturated rings. The van der Waals surface area contributed by atoms with Crippen molar-refractivity contribution >= 4 is 18.2 Å². The topological polar surface area (TPSA) is 85.4 Å². The van der Waals surface area contributed by atoms with E-state index in [4.69, 9.17) is 14.2 Å². The van der Waals surface area contributed by atoms with Gasteiger partial charge in [0.2, 0.25) is 0 Å². The Hall–Kier alpha value is -2.25. The molecule has 8 heteroatoms. The van der Waals surface area contributed by atoms with Gasteiger partial charge in [-0.05, 0) is 27.7 Å². The van der Waals surface area contributed by atoms with Gasteiger partial charge in [-0.2, -0.15) is 0 Å². The molecule has 2 aliphatic heterocycles. The third-order valence-corrected chi connectivity index (χ3v) is 4.47. The molecule has 0 aromatic heterocycles. The molecule has 0 aromatic carbocycles. The molecule has 0 N–H and O–H groups in total. The summed E-state index contributed by atoms with van der Waals surface area (Å²) in [4.78, 5) is 39.8. The average Bonchev–Trinajstić information content (AvgIpc) is 2.90. The highest BCUT2D eigenvalue weighted by molar-refractivity contribution is 5.78. The van der Waals surface area contributed by atoms with Crippen LogP contribution in [-0.2, 0) is 19.0 Å². The minimum Gasteiger partial charge on any atom is -0.466 e. The van der Waals surface area contributed by atoms with E-state index in [0.717, 1.165) is 0 Å². The predicted molar refractivity (Wildman–Crippen MR) is 93.5 cm³/mol. The summed E-state index contributed by atoms with van der Waals surface area (Å²) in [6.07, 6.45) is 0.574. The van der Waals surface area contributed by atoms with Gasteiger partial charge in [0, 0.05) is 31.6 Å². The molecule has 0 radical (unpaired) electrons. The Morgan fingerprint density at radius 3 is 2.27 bits per heavy atom. The number of carbonyl (C=O) groups is 3. The molecule has 2 saturated heterocycles. The minimum absolute atomic E-state index is 0.108. The summed E-state index contributed by atoms with van der Waals surface area (Å²) < 4.78 is 15.6. The first-order valence-corrected chi connectivity index (χ1v) is 8.79. The molecule has 1 unspecified atom stereocenters. The Morgan fingerprint density at radius 2 is 1.73 bits per heavy atom. The van der Waals surface area contributed by atoms with Crippen LogP contribution in [0.3, 0.4) is 0 Å². The molecular weight excluding hydrogens is 340 g/mol. The number of hydrogen-bond donors (Lipinski definition) is 0. The SMILES string of the molecule is C=CCOC(=O)N1CC(C(=O)OCC)C2(C1)CN(C(=O)OC(C)(C)C)C2. The molecule has 2 heterocycles. The summed E-state index contributed by atoms with van der Waals surface area (Å²) in [5.74, 6) is -0.840. The summed E-state index contributed by atoms with van der Waals surface area (Å²) in [5, 5.41) is 0. The zero-order chi connectivity index (χ0) is 19.5. The van der Waals surface area contributed by atoms with Crippen molar-refractivity contribution in [3.05, 3.63) is 12.7 Å². The molecule has 8 nitrogen and oxygen atoms in total. The lowest BCUT2D eigenvalue weighted by Gasteiger charge is -2.49. The second-order valence-corrected chi connectivity index (χ2v) is 7.75. The lowest BCUT2D eigenvalue weighted by molar-refractivity contribution is -0.155. The molecular formula is C18H28N2O6. The van der Waals surface area contributed by atoms with E-state index in [2.05, 4.69) is 6.58 Å². The smallest absolute Gasteiger partial charge is 0.410 e. The van der Waals surface area contributed by atoms with Gasteiger partial charge < -0.3 is 24.0 Å². The number of carbonyl (C=O) groups excluding carboxylic acids is 3. The van der Waals surface area contributed by atoms with Crippen LogP contribution in [0.5, 0.6) is 0 Å². The number of nitrogens with zero attached hydrogens (tertiary/aromatic N) is 2. The van der Waals surface area contributed by atoms with E-state index >= 15 is 0 Å². The van der Waals surface area contributed by atoms with E-state index in [1.165, 1.54) is 11.0 Å². The molecule has 0 bridgehead atoms. The fourth-order valence-corrected chi connectivity index (χ4v) is 3.39. The second-order valence-electron chi connectivity index (χ2n) is 7.75. The van der Waals surface area contributed by atoms with Crippen LogP contribution in [0.4, 0.5) is 9.59 Å². The number of esters is 1. The monoisotopic (exact) mass is 368 g/mol. The maximum atomic E-state index is 12.4. The van der Waals surface area contributed by atoms with Gasteiger partial charge in [0.15, 0.2) is 0 Å². The van der Waals surface area contributed by atoms with Crippen LogP contribution in [-0.4, -0.2) is 72.9 Å². The summed E-state index contributed by atoms with van der Waals surface area (Å²) in [6, 6.07) is 0. The van der Waals surface area contributed by atoms with Crippen LogP contribution in [0.2, 0.25) is 0 Å². The number of amides is 2. The van der Waals surface area contributed by atoms with Gasteiger partial charge in [0.05, 0.1) is 12.5 Å². The van der Waals surface area contributed by atoms with Crippen molar-refractivity contribution < 1.29 is 28.6 Å². The van der Waals surface area contributed by atoms with E-state index in [0.29, 0.717) is 19.6 Å². The van der Waals surface area contributed by atoms with Crippen molar-refractivity contribution in [1.82, 2.24) is 9.80 Å². The van der Waals surface area contributed by atoms with Crippen molar-refractivity contribution in [1.29, 1.82) is 0 Å². The first-order valence-electron chi connectivity index (χ1n) is 8.79. The van der Waals surface area contributed by atoms with Gasteiger partial charge in [-0.25, -0.2) is 9.59 Å². The van der Waals surface area contributed by atoms with Gasteiger partial charge in [-0.15, -0.1) is 0 Å². The molecule has 1 atom stereocenters. The summed E-state index contributed by atoms with van der Waals surface area (Å²) in [7, 11) is 0. The zero-order valence-electron chi connectivity index (χ0n) is 15.9. The van der Waals surface area contributed by atoms with Crippen LogP contribution in [0, 0.1) is 11.3 Å². The van der Waals surface area contributed by atoms with Crippen LogP contribution < -0.4 is 0 Å². The lowest BCUT2D eigenvalue weighted by atomic mass is 9.71. The molecule has 2 rings (SSSR count). The van der Waals surface area contributed by atoms with Crippen LogP contribution in [0.25, 0.3) is 0 Å². The maximum Gasteiger partial charge on any atom is 0.410 e. The molecule has 0 aromatic rings.